The molecule has 17 heteroatoms. The third-order valence-electron chi connectivity index (χ3n) is 7.75. The zero-order valence-electron chi connectivity index (χ0n) is 27.0. The Kier molecular flexibility index (Phi) is 15.4. The Bertz CT molecular complexity index is 1340. The van der Waals surface area contributed by atoms with Gasteiger partial charge in [-0.1, -0.05) is 44.2 Å². The number of nitrogens with zero attached hydrogens (tertiary/aromatic N) is 1. The Morgan fingerprint density at radius 3 is 2.12 bits per heavy atom. The van der Waals surface area contributed by atoms with Gasteiger partial charge in [0.2, 0.25) is 35.4 Å². The molecule has 1 aliphatic rings. The fourth-order valence-corrected chi connectivity index (χ4v) is 5.06. The second kappa shape index (κ2) is 18.9. The Hall–Kier alpha value is -5.06. The molecular weight excluding hydrogens is 630 g/mol. The Morgan fingerprint density at radius 2 is 1.54 bits per heavy atom. The Labute approximate surface area is 277 Å². The molecule has 264 valence electrons. The summed E-state index contributed by atoms with van der Waals surface area (Å²) in [7, 11) is 0. The highest BCUT2D eigenvalue weighted by molar-refractivity contribution is 5.95. The van der Waals surface area contributed by atoms with Gasteiger partial charge in [0.25, 0.3) is 0 Å². The van der Waals surface area contributed by atoms with Gasteiger partial charge in [0.15, 0.2) is 0 Å². The minimum atomic E-state index is -1.51. The van der Waals surface area contributed by atoms with E-state index in [0.29, 0.717) is 12.0 Å². The minimum absolute atomic E-state index is 0.0107. The van der Waals surface area contributed by atoms with Gasteiger partial charge in [0.1, 0.15) is 24.2 Å². The van der Waals surface area contributed by atoms with Crippen LogP contribution in [0.15, 0.2) is 30.3 Å². The Balaban J connectivity index is 2.09. The molecule has 0 spiro atoms. The van der Waals surface area contributed by atoms with Crippen molar-refractivity contribution in [2.24, 2.45) is 17.4 Å². The van der Waals surface area contributed by atoms with Crippen LogP contribution in [0.5, 0.6) is 0 Å². The van der Waals surface area contributed by atoms with Crippen molar-refractivity contribution in [3.63, 3.8) is 0 Å². The van der Waals surface area contributed by atoms with Crippen LogP contribution >= 0.6 is 0 Å². The average Bonchev–Trinajstić information content (AvgIpc) is 3.53. The molecular formula is C31H45N7O10. The van der Waals surface area contributed by atoms with Gasteiger partial charge >= 0.3 is 11.9 Å². The van der Waals surface area contributed by atoms with Gasteiger partial charge in [-0.2, -0.15) is 0 Å². The first-order valence-corrected chi connectivity index (χ1v) is 15.6. The van der Waals surface area contributed by atoms with Crippen LogP contribution in [-0.4, -0.2) is 106 Å². The number of aliphatic carboxylic acids is 2. The summed E-state index contributed by atoms with van der Waals surface area (Å²) in [6.07, 6.45) is -0.301. The minimum Gasteiger partial charge on any atom is -0.481 e. The fraction of sp³-hybridized carbons (Fsp3) is 0.548. The van der Waals surface area contributed by atoms with E-state index < -0.39 is 96.5 Å². The van der Waals surface area contributed by atoms with Crippen molar-refractivity contribution in [2.45, 2.75) is 89.0 Å². The monoisotopic (exact) mass is 675 g/mol. The van der Waals surface area contributed by atoms with E-state index in [9.17, 15) is 43.5 Å². The molecule has 1 aliphatic heterocycles. The number of nitrogens with one attached hydrogen (secondary N) is 4. The molecule has 0 unspecified atom stereocenters. The van der Waals surface area contributed by atoms with E-state index in [1.807, 2.05) is 0 Å². The number of hydrogen-bond donors (Lipinski definition) is 8. The number of carboxylic acid groups (broad SMARTS) is 2. The number of benzene rings is 1. The van der Waals surface area contributed by atoms with Gasteiger partial charge in [0.05, 0.1) is 12.6 Å². The number of carboxylic acids is 2. The maximum atomic E-state index is 13.5. The SMILES string of the molecule is CC(C)[C@H](NC(=O)[C@@H](N)CCC(N)=O)C(=O)NCC(=O)N1CCC[C@H]1C(=O)N[C@@H](Cc1ccccc1)C(=O)N[C@@H](CCC(=O)O)C(=O)O. The number of rotatable bonds is 19. The van der Waals surface area contributed by atoms with Crippen LogP contribution in [0.3, 0.4) is 0 Å². The number of carbonyl (C=O) groups excluding carboxylic acids is 6. The average molecular weight is 676 g/mol. The van der Waals surface area contributed by atoms with E-state index >= 15 is 0 Å². The molecule has 6 amide bonds. The van der Waals surface area contributed by atoms with Crippen molar-refractivity contribution < 1.29 is 48.6 Å². The predicted octanol–water partition coefficient (Wildman–Crippen LogP) is -2.01. The summed E-state index contributed by atoms with van der Waals surface area (Å²) in [5.74, 6) is -7.12. The molecule has 0 radical (unpaired) electrons. The second-order valence-electron chi connectivity index (χ2n) is 11.9. The molecule has 0 aromatic heterocycles. The summed E-state index contributed by atoms with van der Waals surface area (Å²) in [6.45, 7) is 3.05. The summed E-state index contributed by atoms with van der Waals surface area (Å²) in [5.41, 5.74) is 11.5. The molecule has 0 saturated carbocycles. The lowest BCUT2D eigenvalue weighted by molar-refractivity contribution is -0.144. The smallest absolute Gasteiger partial charge is 0.326 e. The molecule has 5 atom stereocenters. The lowest BCUT2D eigenvalue weighted by Gasteiger charge is -2.28. The van der Waals surface area contributed by atoms with Crippen LogP contribution in [-0.2, 0) is 44.8 Å². The number of carbonyl (C=O) groups is 8. The molecule has 2 rings (SSSR count). The highest BCUT2D eigenvalue weighted by Gasteiger charge is 2.37. The number of hydrogen-bond acceptors (Lipinski definition) is 9. The molecule has 48 heavy (non-hydrogen) atoms. The lowest BCUT2D eigenvalue weighted by Crippen LogP contribution is -2.57. The summed E-state index contributed by atoms with van der Waals surface area (Å²) in [6, 6.07) is 2.72. The molecule has 1 heterocycles. The third-order valence-corrected chi connectivity index (χ3v) is 7.75. The predicted molar refractivity (Wildman–Crippen MR) is 169 cm³/mol. The van der Waals surface area contributed by atoms with Gasteiger partial charge < -0.3 is 47.8 Å². The Morgan fingerprint density at radius 1 is 0.875 bits per heavy atom. The maximum Gasteiger partial charge on any atom is 0.326 e. The van der Waals surface area contributed by atoms with Crippen molar-refractivity contribution >= 4 is 47.4 Å². The van der Waals surface area contributed by atoms with Crippen molar-refractivity contribution in [1.29, 1.82) is 0 Å². The fourth-order valence-electron chi connectivity index (χ4n) is 5.06. The summed E-state index contributed by atoms with van der Waals surface area (Å²) >= 11 is 0. The number of amides is 6. The van der Waals surface area contributed by atoms with Crippen LogP contribution < -0.4 is 32.7 Å². The standard InChI is InChI=1S/C31H45N7O10/c1-17(2)26(37-27(43)19(32)10-12-23(33)39)30(46)34-16-24(40)38-14-6-9-22(38)29(45)36-21(15-18-7-4-3-5-8-18)28(44)35-20(31(47)48)11-13-25(41)42/h3-5,7-8,17,19-22,26H,6,9-16,32H2,1-2H3,(H2,33,39)(H,34,46)(H,35,44)(H,36,45)(H,37,43)(H,41,42)(H,47,48)/t19-,20-,21-,22-,26-/m0/s1. The first-order chi connectivity index (χ1) is 22.6. The third kappa shape index (κ3) is 12.6. The van der Waals surface area contributed by atoms with Gasteiger partial charge in [-0.3, -0.25) is 33.6 Å². The first kappa shape index (κ1) is 39.1. The molecule has 17 nitrogen and oxygen atoms in total. The molecule has 0 aliphatic carbocycles. The highest BCUT2D eigenvalue weighted by atomic mass is 16.4. The second-order valence-corrected chi connectivity index (χ2v) is 11.9. The van der Waals surface area contributed by atoms with E-state index in [4.69, 9.17) is 16.6 Å². The maximum absolute atomic E-state index is 13.5. The number of nitrogens with two attached hydrogens (primary N) is 2. The van der Waals surface area contributed by atoms with Crippen LogP contribution in [0.2, 0.25) is 0 Å². The van der Waals surface area contributed by atoms with Gasteiger partial charge in [-0.15, -0.1) is 0 Å². The topological polar surface area (TPSA) is 280 Å². The molecule has 1 saturated heterocycles. The van der Waals surface area contributed by atoms with E-state index in [1.165, 1.54) is 4.90 Å². The van der Waals surface area contributed by atoms with E-state index in [-0.39, 0.29) is 38.6 Å². The van der Waals surface area contributed by atoms with Crippen LogP contribution in [0, 0.1) is 5.92 Å². The number of likely N-dealkylation sites (tertiary alicyclic amines) is 1. The first-order valence-electron chi connectivity index (χ1n) is 15.6. The molecule has 1 aromatic rings. The van der Waals surface area contributed by atoms with Crippen LogP contribution in [0.4, 0.5) is 0 Å². The summed E-state index contributed by atoms with van der Waals surface area (Å²) in [5, 5.41) is 28.4. The molecule has 1 fully saturated rings. The number of primary amides is 1. The van der Waals surface area contributed by atoms with Crippen molar-refractivity contribution in [3.05, 3.63) is 35.9 Å². The van der Waals surface area contributed by atoms with Crippen LogP contribution in [0.1, 0.15) is 57.9 Å². The molecule has 0 bridgehead atoms. The van der Waals surface area contributed by atoms with Crippen molar-refractivity contribution in [3.8, 4) is 0 Å². The largest absolute Gasteiger partial charge is 0.481 e. The normalized spacial score (nSPS) is 16.6. The van der Waals surface area contributed by atoms with Gasteiger partial charge in [0, 0.05) is 25.8 Å². The quantitative estimate of drug-likeness (QED) is 0.0793. The van der Waals surface area contributed by atoms with E-state index in [1.54, 1.807) is 44.2 Å². The van der Waals surface area contributed by atoms with Gasteiger partial charge in [-0.25, -0.2) is 4.79 Å². The van der Waals surface area contributed by atoms with E-state index in [2.05, 4.69) is 21.3 Å². The summed E-state index contributed by atoms with van der Waals surface area (Å²) in [4.78, 5) is 100. The van der Waals surface area contributed by atoms with Crippen LogP contribution in [0.25, 0.3) is 0 Å². The lowest BCUT2D eigenvalue weighted by atomic mass is 10.0. The molecule has 10 N–H and O–H groups in total. The zero-order chi connectivity index (χ0) is 36.0. The summed E-state index contributed by atoms with van der Waals surface area (Å²) < 4.78 is 0. The zero-order valence-corrected chi connectivity index (χ0v) is 27.0. The van der Waals surface area contributed by atoms with Crippen molar-refractivity contribution in [1.82, 2.24) is 26.2 Å². The van der Waals surface area contributed by atoms with Gasteiger partial charge in [-0.05, 0) is 37.2 Å². The van der Waals surface area contributed by atoms with E-state index in [0.717, 1.165) is 0 Å². The highest BCUT2D eigenvalue weighted by Crippen LogP contribution is 2.18. The van der Waals surface area contributed by atoms with Crippen molar-refractivity contribution in [2.75, 3.05) is 13.1 Å². The molecule has 1 aromatic carbocycles.